The summed E-state index contributed by atoms with van der Waals surface area (Å²) in [4.78, 5) is 11.0. The maximum absolute atomic E-state index is 11.0. The maximum atomic E-state index is 11.0. The van der Waals surface area contributed by atoms with Crippen molar-refractivity contribution >= 4 is 23.4 Å². The molecule has 2 rings (SSSR count). The minimum atomic E-state index is -0.885. The minimum Gasteiger partial charge on any atom is -0.478 e. The zero-order chi connectivity index (χ0) is 10.1. The number of hydrogen-bond acceptors (Lipinski definition) is 3. The normalized spacial score (nSPS) is 16.3. The molecule has 0 saturated carbocycles. The summed E-state index contributed by atoms with van der Waals surface area (Å²) in [5.74, 6) is 1.40. The highest BCUT2D eigenvalue weighted by Crippen LogP contribution is 2.38. The third kappa shape index (κ3) is 1.46. The number of carboxylic acids is 1. The molecule has 0 bridgehead atoms. The molecular formula is C10H11NO2S. The Labute approximate surface area is 86.3 Å². The van der Waals surface area contributed by atoms with Crippen LogP contribution in [-0.4, -0.2) is 22.6 Å². The molecule has 4 heteroatoms. The molecule has 1 aromatic carbocycles. The van der Waals surface area contributed by atoms with Crippen molar-refractivity contribution in [2.45, 2.75) is 5.92 Å². The van der Waals surface area contributed by atoms with Gasteiger partial charge in [0.05, 0.1) is 5.56 Å². The smallest absolute Gasteiger partial charge is 0.336 e. The number of hydrogen-bond donors (Lipinski definition) is 2. The first-order valence-electron chi connectivity index (χ1n) is 4.39. The molecule has 1 aliphatic heterocycles. The van der Waals surface area contributed by atoms with Gasteiger partial charge in [-0.1, -0.05) is 6.07 Å². The lowest BCUT2D eigenvalue weighted by molar-refractivity contribution is 0.0695. The maximum Gasteiger partial charge on any atom is 0.336 e. The average molecular weight is 209 g/mol. The fraction of sp³-hybridized carbons (Fsp3) is 0.300. The molecule has 0 spiro atoms. The summed E-state index contributed by atoms with van der Waals surface area (Å²) in [7, 11) is 0. The molecule has 14 heavy (non-hydrogen) atoms. The van der Waals surface area contributed by atoms with Gasteiger partial charge >= 0.3 is 5.97 Å². The standard InChI is InChI=1S/C10H11NO2S/c11-8-3-1-2-7(10(12)13)9(8)6-4-14-5-6/h1-3,6H,4-5,11H2,(H,12,13). The van der Waals surface area contributed by atoms with Crippen LogP contribution in [0.5, 0.6) is 0 Å². The second-order valence-electron chi connectivity index (χ2n) is 3.35. The molecule has 3 N–H and O–H groups in total. The third-order valence-corrected chi connectivity index (χ3v) is 3.69. The van der Waals surface area contributed by atoms with E-state index in [-0.39, 0.29) is 0 Å². The van der Waals surface area contributed by atoms with Crippen molar-refractivity contribution in [2.24, 2.45) is 0 Å². The van der Waals surface area contributed by atoms with Gasteiger partial charge in [0, 0.05) is 23.1 Å². The summed E-state index contributed by atoms with van der Waals surface area (Å²) < 4.78 is 0. The lowest BCUT2D eigenvalue weighted by atomic mass is 9.94. The van der Waals surface area contributed by atoms with E-state index in [9.17, 15) is 4.79 Å². The molecule has 1 aliphatic rings. The van der Waals surface area contributed by atoms with E-state index < -0.39 is 5.97 Å². The van der Waals surface area contributed by atoms with Crippen LogP contribution >= 0.6 is 11.8 Å². The molecule has 1 fully saturated rings. The lowest BCUT2D eigenvalue weighted by Crippen LogP contribution is -2.20. The van der Waals surface area contributed by atoms with Gasteiger partial charge < -0.3 is 10.8 Å². The number of thioether (sulfide) groups is 1. The first-order valence-corrected chi connectivity index (χ1v) is 5.55. The van der Waals surface area contributed by atoms with E-state index in [2.05, 4.69) is 0 Å². The molecule has 1 aromatic rings. The predicted molar refractivity (Wildman–Crippen MR) is 57.9 cm³/mol. The van der Waals surface area contributed by atoms with Gasteiger partial charge in [-0.15, -0.1) is 0 Å². The monoisotopic (exact) mass is 209 g/mol. The van der Waals surface area contributed by atoms with Crippen molar-refractivity contribution in [3.8, 4) is 0 Å². The Morgan fingerprint density at radius 1 is 1.50 bits per heavy atom. The minimum absolute atomic E-state index is 0.326. The Balaban J connectivity index is 2.47. The van der Waals surface area contributed by atoms with Crippen LogP contribution in [0.3, 0.4) is 0 Å². The zero-order valence-corrected chi connectivity index (χ0v) is 8.38. The van der Waals surface area contributed by atoms with Crippen LogP contribution in [0, 0.1) is 0 Å². The number of nitrogens with two attached hydrogens (primary N) is 1. The molecule has 0 amide bonds. The molecule has 0 radical (unpaired) electrons. The Hall–Kier alpha value is -1.16. The van der Waals surface area contributed by atoms with Gasteiger partial charge in [0.1, 0.15) is 0 Å². The summed E-state index contributed by atoms with van der Waals surface area (Å²) in [5.41, 5.74) is 7.58. The van der Waals surface area contributed by atoms with Gasteiger partial charge in [0.15, 0.2) is 0 Å². The molecule has 1 heterocycles. The first-order chi connectivity index (χ1) is 6.70. The Bertz CT molecular complexity index is 374. The topological polar surface area (TPSA) is 63.3 Å². The van der Waals surface area contributed by atoms with Crippen molar-refractivity contribution in [1.29, 1.82) is 0 Å². The molecule has 74 valence electrons. The molecule has 0 atom stereocenters. The predicted octanol–water partition coefficient (Wildman–Crippen LogP) is 1.80. The van der Waals surface area contributed by atoms with Gasteiger partial charge in [0.2, 0.25) is 0 Å². The van der Waals surface area contributed by atoms with Gasteiger partial charge in [-0.05, 0) is 17.7 Å². The third-order valence-electron chi connectivity index (χ3n) is 2.42. The Morgan fingerprint density at radius 2 is 2.21 bits per heavy atom. The van der Waals surface area contributed by atoms with Crippen molar-refractivity contribution in [3.63, 3.8) is 0 Å². The van der Waals surface area contributed by atoms with E-state index in [1.165, 1.54) is 0 Å². The van der Waals surface area contributed by atoms with Gasteiger partial charge in [0.25, 0.3) is 0 Å². The summed E-state index contributed by atoms with van der Waals surface area (Å²) in [5, 5.41) is 9.00. The van der Waals surface area contributed by atoms with Crippen LogP contribution in [0.1, 0.15) is 21.8 Å². The van der Waals surface area contributed by atoms with Crippen molar-refractivity contribution in [3.05, 3.63) is 29.3 Å². The largest absolute Gasteiger partial charge is 0.478 e. The quantitative estimate of drug-likeness (QED) is 0.729. The Kier molecular flexibility index (Phi) is 2.37. The van der Waals surface area contributed by atoms with Crippen LogP contribution in [0.25, 0.3) is 0 Å². The number of nitrogen functional groups attached to an aromatic ring is 1. The summed E-state index contributed by atoms with van der Waals surface area (Å²) in [6.45, 7) is 0. The fourth-order valence-corrected chi connectivity index (χ4v) is 2.43. The van der Waals surface area contributed by atoms with Crippen LogP contribution in [0.4, 0.5) is 5.69 Å². The highest BCUT2D eigenvalue weighted by molar-refractivity contribution is 8.00. The molecule has 1 saturated heterocycles. The average Bonchev–Trinajstić information content (AvgIpc) is 2.04. The van der Waals surface area contributed by atoms with E-state index >= 15 is 0 Å². The zero-order valence-electron chi connectivity index (χ0n) is 7.56. The van der Waals surface area contributed by atoms with Crippen molar-refractivity contribution < 1.29 is 9.90 Å². The van der Waals surface area contributed by atoms with Crippen LogP contribution in [0.15, 0.2) is 18.2 Å². The highest BCUT2D eigenvalue weighted by Gasteiger charge is 2.26. The van der Waals surface area contributed by atoms with E-state index in [1.807, 2.05) is 11.8 Å². The molecule has 0 aliphatic carbocycles. The van der Waals surface area contributed by atoms with E-state index in [0.717, 1.165) is 17.1 Å². The van der Waals surface area contributed by atoms with Crippen molar-refractivity contribution in [2.75, 3.05) is 17.2 Å². The number of aromatic carboxylic acids is 1. The summed E-state index contributed by atoms with van der Waals surface area (Å²) >= 11 is 1.82. The van der Waals surface area contributed by atoms with Gasteiger partial charge in [-0.2, -0.15) is 11.8 Å². The first kappa shape index (κ1) is 9.40. The molecule has 0 unspecified atom stereocenters. The van der Waals surface area contributed by atoms with E-state index in [0.29, 0.717) is 17.2 Å². The van der Waals surface area contributed by atoms with Gasteiger partial charge in [-0.25, -0.2) is 4.79 Å². The second-order valence-corrected chi connectivity index (χ2v) is 4.42. The molecule has 3 nitrogen and oxygen atoms in total. The van der Waals surface area contributed by atoms with Crippen LogP contribution in [0.2, 0.25) is 0 Å². The number of benzene rings is 1. The summed E-state index contributed by atoms with van der Waals surface area (Å²) in [6.07, 6.45) is 0. The highest BCUT2D eigenvalue weighted by atomic mass is 32.2. The summed E-state index contributed by atoms with van der Waals surface area (Å²) in [6, 6.07) is 5.08. The number of carbonyl (C=O) groups is 1. The van der Waals surface area contributed by atoms with Crippen molar-refractivity contribution in [1.82, 2.24) is 0 Å². The van der Waals surface area contributed by atoms with Crippen LogP contribution < -0.4 is 5.73 Å². The second kappa shape index (κ2) is 3.53. The molecule has 0 aromatic heterocycles. The number of anilines is 1. The number of carboxylic acid groups (broad SMARTS) is 1. The van der Waals surface area contributed by atoms with Gasteiger partial charge in [-0.3, -0.25) is 0 Å². The number of rotatable bonds is 2. The van der Waals surface area contributed by atoms with Crippen LogP contribution in [-0.2, 0) is 0 Å². The molecular weight excluding hydrogens is 198 g/mol. The Morgan fingerprint density at radius 3 is 2.71 bits per heavy atom. The fourth-order valence-electron chi connectivity index (χ4n) is 1.63. The van der Waals surface area contributed by atoms with E-state index in [1.54, 1.807) is 18.2 Å². The SMILES string of the molecule is Nc1cccc(C(=O)O)c1C1CSC1. The van der Waals surface area contributed by atoms with E-state index in [4.69, 9.17) is 10.8 Å². The lowest BCUT2D eigenvalue weighted by Gasteiger charge is -2.27.